The quantitative estimate of drug-likeness (QED) is 0.382. The van der Waals surface area contributed by atoms with Gasteiger partial charge in [0.1, 0.15) is 10.6 Å². The first-order valence-electron chi connectivity index (χ1n) is 11.1. The Kier molecular flexibility index (Phi) is 9.32. The van der Waals surface area contributed by atoms with Crippen molar-refractivity contribution < 1.29 is 26.4 Å². The van der Waals surface area contributed by atoms with Crippen molar-refractivity contribution in [2.75, 3.05) is 27.7 Å². The molecule has 3 aromatic carbocycles. The minimum Gasteiger partial charge on any atom is -0.495 e. The number of rotatable bonds is 11. The maximum atomic E-state index is 13.6. The summed E-state index contributed by atoms with van der Waals surface area (Å²) in [6, 6.07) is 19.2. The van der Waals surface area contributed by atoms with Gasteiger partial charge in [0.05, 0.1) is 18.6 Å². The van der Waals surface area contributed by atoms with Crippen LogP contribution in [-0.2, 0) is 37.9 Å². The molecule has 0 fully saturated rings. The SMILES string of the molecule is COc1ccc(Cl)cc1S(=O)(=O)N(CC(=O)NCc1ccc(S(=O)(=O)N(C)C)cc1)Cc1ccccc1. The topological polar surface area (TPSA) is 113 Å². The van der Waals surface area contributed by atoms with Gasteiger partial charge < -0.3 is 10.1 Å². The molecule has 0 saturated heterocycles. The molecule has 0 heterocycles. The lowest BCUT2D eigenvalue weighted by atomic mass is 10.2. The fourth-order valence-corrected chi connectivity index (χ4v) is 6.12. The van der Waals surface area contributed by atoms with E-state index in [4.69, 9.17) is 16.3 Å². The molecule has 1 amide bonds. The Hall–Kier alpha value is -2.96. The van der Waals surface area contributed by atoms with Gasteiger partial charge in [0.15, 0.2) is 0 Å². The predicted molar refractivity (Wildman–Crippen MR) is 141 cm³/mol. The third kappa shape index (κ3) is 7.08. The van der Waals surface area contributed by atoms with Crippen LogP contribution in [0, 0.1) is 0 Å². The number of ether oxygens (including phenoxy) is 1. The van der Waals surface area contributed by atoms with Crippen LogP contribution in [0.3, 0.4) is 0 Å². The minimum atomic E-state index is -4.18. The number of benzene rings is 3. The third-order valence-corrected chi connectivity index (χ3v) is 9.33. The molecular weight excluding hydrogens is 538 g/mol. The molecule has 12 heteroatoms. The normalized spacial score (nSPS) is 12.1. The van der Waals surface area contributed by atoms with Crippen molar-refractivity contribution in [2.45, 2.75) is 22.9 Å². The molecule has 0 saturated carbocycles. The molecule has 198 valence electrons. The Morgan fingerprint density at radius 3 is 2.14 bits per heavy atom. The average molecular weight is 566 g/mol. The number of amides is 1. The number of nitrogens with one attached hydrogen (secondary N) is 1. The first kappa shape index (κ1) is 28.6. The Morgan fingerprint density at radius 1 is 0.892 bits per heavy atom. The van der Waals surface area contributed by atoms with Crippen molar-refractivity contribution in [1.82, 2.24) is 13.9 Å². The number of sulfonamides is 2. The average Bonchev–Trinajstić information content (AvgIpc) is 2.87. The standard InChI is InChI=1S/C25H28ClN3O6S2/c1-28(2)36(31,32)22-12-9-19(10-13-22)16-27-25(30)18-29(17-20-7-5-4-6-8-20)37(33,34)24-15-21(26)11-14-23(24)35-3/h4-15H,16-18H2,1-3H3,(H,27,30). The molecule has 0 bridgehead atoms. The number of nitrogens with zero attached hydrogens (tertiary/aromatic N) is 2. The summed E-state index contributed by atoms with van der Waals surface area (Å²) >= 11 is 6.07. The van der Waals surface area contributed by atoms with E-state index >= 15 is 0 Å². The molecule has 0 aromatic heterocycles. The summed E-state index contributed by atoms with van der Waals surface area (Å²) in [4.78, 5) is 12.8. The van der Waals surface area contributed by atoms with E-state index < -0.39 is 32.5 Å². The van der Waals surface area contributed by atoms with Crippen LogP contribution in [0.25, 0.3) is 0 Å². The summed E-state index contributed by atoms with van der Waals surface area (Å²) in [7, 11) is -3.51. The van der Waals surface area contributed by atoms with Gasteiger partial charge in [-0.15, -0.1) is 0 Å². The van der Waals surface area contributed by atoms with Crippen LogP contribution >= 0.6 is 11.6 Å². The highest BCUT2D eigenvalue weighted by Gasteiger charge is 2.30. The zero-order chi connectivity index (χ0) is 27.2. The molecule has 0 aliphatic carbocycles. The summed E-state index contributed by atoms with van der Waals surface area (Å²) in [5.74, 6) is -0.430. The molecule has 1 N–H and O–H groups in total. The van der Waals surface area contributed by atoms with Crippen molar-refractivity contribution in [3.63, 3.8) is 0 Å². The van der Waals surface area contributed by atoms with Crippen LogP contribution in [0.4, 0.5) is 0 Å². The van der Waals surface area contributed by atoms with Crippen LogP contribution < -0.4 is 10.1 Å². The highest BCUT2D eigenvalue weighted by Crippen LogP contribution is 2.30. The molecule has 0 radical (unpaired) electrons. The van der Waals surface area contributed by atoms with Gasteiger partial charge >= 0.3 is 0 Å². The van der Waals surface area contributed by atoms with Gasteiger partial charge in [-0.2, -0.15) is 4.31 Å². The fourth-order valence-electron chi connectivity index (χ4n) is 3.41. The van der Waals surface area contributed by atoms with Crippen LogP contribution in [0.5, 0.6) is 5.75 Å². The van der Waals surface area contributed by atoms with Gasteiger partial charge in [-0.1, -0.05) is 54.1 Å². The van der Waals surface area contributed by atoms with Crippen molar-refractivity contribution in [3.05, 3.63) is 88.9 Å². The molecule has 3 rings (SSSR count). The van der Waals surface area contributed by atoms with Crippen LogP contribution in [0.2, 0.25) is 5.02 Å². The summed E-state index contributed by atoms with van der Waals surface area (Å²) in [6.07, 6.45) is 0. The molecular formula is C25H28ClN3O6S2. The zero-order valence-electron chi connectivity index (χ0n) is 20.6. The van der Waals surface area contributed by atoms with Gasteiger partial charge in [0, 0.05) is 32.2 Å². The minimum absolute atomic E-state index is 0.0522. The van der Waals surface area contributed by atoms with Gasteiger partial charge in [0.2, 0.25) is 26.0 Å². The second-order valence-electron chi connectivity index (χ2n) is 8.26. The van der Waals surface area contributed by atoms with Gasteiger partial charge in [0.25, 0.3) is 0 Å². The predicted octanol–water partition coefficient (Wildman–Crippen LogP) is 3.11. The van der Waals surface area contributed by atoms with Crippen molar-refractivity contribution in [1.29, 1.82) is 0 Å². The summed E-state index contributed by atoms with van der Waals surface area (Å²) in [5.41, 5.74) is 1.34. The van der Waals surface area contributed by atoms with Crippen molar-refractivity contribution in [3.8, 4) is 5.75 Å². The highest BCUT2D eigenvalue weighted by atomic mass is 35.5. The van der Waals surface area contributed by atoms with E-state index in [0.717, 1.165) is 8.61 Å². The van der Waals surface area contributed by atoms with E-state index in [1.165, 1.54) is 51.5 Å². The maximum Gasteiger partial charge on any atom is 0.247 e. The van der Waals surface area contributed by atoms with Crippen molar-refractivity contribution >= 4 is 37.6 Å². The molecule has 0 spiro atoms. The van der Waals surface area contributed by atoms with Gasteiger partial charge in [-0.05, 0) is 41.5 Å². The number of hydrogen-bond donors (Lipinski definition) is 1. The van der Waals surface area contributed by atoms with E-state index in [-0.39, 0.29) is 33.7 Å². The van der Waals surface area contributed by atoms with Gasteiger partial charge in [-0.25, -0.2) is 21.1 Å². The van der Waals surface area contributed by atoms with Crippen LogP contribution in [0.15, 0.2) is 82.6 Å². The number of hydrogen-bond acceptors (Lipinski definition) is 6. The second-order valence-corrected chi connectivity index (χ2v) is 12.8. The Balaban J connectivity index is 1.80. The first-order valence-corrected chi connectivity index (χ1v) is 14.4. The number of methoxy groups -OCH3 is 1. The summed E-state index contributed by atoms with van der Waals surface area (Å²) in [6.45, 7) is -0.426. The number of carbonyl (C=O) groups is 1. The van der Waals surface area contributed by atoms with Crippen molar-refractivity contribution in [2.24, 2.45) is 0 Å². The Bertz CT molecular complexity index is 1450. The summed E-state index contributed by atoms with van der Waals surface area (Å²) in [5, 5.41) is 2.91. The molecule has 0 aliphatic heterocycles. The molecule has 9 nitrogen and oxygen atoms in total. The molecule has 3 aromatic rings. The van der Waals surface area contributed by atoms with E-state index in [1.807, 2.05) is 6.07 Å². The third-order valence-electron chi connectivity index (χ3n) is 5.46. The maximum absolute atomic E-state index is 13.6. The van der Waals surface area contributed by atoms with Crippen LogP contribution in [-0.4, -0.2) is 59.1 Å². The monoisotopic (exact) mass is 565 g/mol. The molecule has 0 unspecified atom stereocenters. The van der Waals surface area contributed by atoms with Crippen LogP contribution in [0.1, 0.15) is 11.1 Å². The second kappa shape index (κ2) is 12.1. The molecule has 0 aliphatic rings. The van der Waals surface area contributed by atoms with E-state index in [2.05, 4.69) is 5.32 Å². The lowest BCUT2D eigenvalue weighted by Gasteiger charge is -2.23. The fraction of sp³-hybridized carbons (Fsp3) is 0.240. The smallest absolute Gasteiger partial charge is 0.247 e. The highest BCUT2D eigenvalue weighted by molar-refractivity contribution is 7.89. The number of halogens is 1. The molecule has 0 atom stereocenters. The molecule has 37 heavy (non-hydrogen) atoms. The lowest BCUT2D eigenvalue weighted by molar-refractivity contribution is -0.121. The number of carbonyl (C=O) groups excluding carboxylic acids is 1. The van der Waals surface area contributed by atoms with E-state index in [1.54, 1.807) is 36.4 Å². The Morgan fingerprint density at radius 2 is 1.54 bits per heavy atom. The van der Waals surface area contributed by atoms with Gasteiger partial charge in [-0.3, -0.25) is 4.79 Å². The lowest BCUT2D eigenvalue weighted by Crippen LogP contribution is -2.40. The summed E-state index contributed by atoms with van der Waals surface area (Å²) < 4.78 is 59.1. The largest absolute Gasteiger partial charge is 0.495 e. The first-order chi connectivity index (χ1) is 17.4. The zero-order valence-corrected chi connectivity index (χ0v) is 23.0. The van der Waals surface area contributed by atoms with E-state index in [0.29, 0.717) is 11.1 Å². The van der Waals surface area contributed by atoms with E-state index in [9.17, 15) is 21.6 Å². The Labute approximate surface area is 222 Å².